The second-order valence-corrected chi connectivity index (χ2v) is 5.53. The first kappa shape index (κ1) is 16.4. The maximum atomic E-state index is 12.5. The molecule has 9 heteroatoms. The number of nitrogens with two attached hydrogens (primary N) is 1. The molecular formula is C13H10F3N3OS2. The van der Waals surface area contributed by atoms with E-state index in [0.29, 0.717) is 15.7 Å². The third-order valence-corrected chi connectivity index (χ3v) is 3.39. The zero-order chi connectivity index (χ0) is 16.2. The number of halogens is 3. The summed E-state index contributed by atoms with van der Waals surface area (Å²) in [6, 6.07) is 8.18. The Labute approximate surface area is 133 Å². The fourth-order valence-corrected chi connectivity index (χ4v) is 2.28. The second kappa shape index (κ2) is 6.84. The first-order chi connectivity index (χ1) is 10.3. The van der Waals surface area contributed by atoms with Gasteiger partial charge < -0.3 is 10.2 Å². The van der Waals surface area contributed by atoms with Crippen LogP contribution in [0.2, 0.25) is 0 Å². The van der Waals surface area contributed by atoms with Gasteiger partial charge in [-0.2, -0.15) is 18.3 Å². The Morgan fingerprint density at radius 3 is 2.50 bits per heavy atom. The lowest BCUT2D eigenvalue weighted by Crippen LogP contribution is -2.23. The van der Waals surface area contributed by atoms with E-state index in [1.807, 2.05) is 0 Å². The van der Waals surface area contributed by atoms with Crippen molar-refractivity contribution in [3.05, 3.63) is 47.7 Å². The van der Waals surface area contributed by atoms with Gasteiger partial charge in [0, 0.05) is 4.90 Å². The number of hydrazone groups is 1. The van der Waals surface area contributed by atoms with Crippen molar-refractivity contribution < 1.29 is 17.6 Å². The quantitative estimate of drug-likeness (QED) is 0.503. The Bertz CT molecular complexity index is 681. The summed E-state index contributed by atoms with van der Waals surface area (Å²) in [5.74, 6) is 0.457. The van der Waals surface area contributed by atoms with Crippen molar-refractivity contribution in [2.24, 2.45) is 10.8 Å². The molecule has 0 fully saturated rings. The molecule has 0 bridgehead atoms. The Balaban J connectivity index is 2.01. The van der Waals surface area contributed by atoms with Crippen molar-refractivity contribution in [3.8, 4) is 0 Å². The predicted octanol–water partition coefficient (Wildman–Crippen LogP) is 3.62. The van der Waals surface area contributed by atoms with Crippen molar-refractivity contribution in [2.75, 3.05) is 0 Å². The van der Waals surface area contributed by atoms with Crippen LogP contribution in [0.15, 0.2) is 55.9 Å². The molecule has 0 atom stereocenters. The molecule has 0 aliphatic carbocycles. The summed E-state index contributed by atoms with van der Waals surface area (Å²) < 4.78 is 42.8. The monoisotopic (exact) mass is 345 g/mol. The largest absolute Gasteiger partial charge is 0.448 e. The van der Waals surface area contributed by atoms with E-state index in [1.165, 1.54) is 30.1 Å². The van der Waals surface area contributed by atoms with Gasteiger partial charge in [0.15, 0.2) is 10.2 Å². The molecule has 1 aromatic heterocycles. The molecule has 0 amide bonds. The van der Waals surface area contributed by atoms with Crippen LogP contribution in [0.25, 0.3) is 0 Å². The van der Waals surface area contributed by atoms with Gasteiger partial charge in [0.25, 0.3) is 0 Å². The Morgan fingerprint density at radius 2 is 1.91 bits per heavy atom. The molecule has 0 saturated carbocycles. The highest BCUT2D eigenvalue weighted by atomic mass is 32.2. The molecule has 2 aromatic rings. The highest BCUT2D eigenvalue weighted by Crippen LogP contribution is 2.33. The van der Waals surface area contributed by atoms with Gasteiger partial charge in [-0.1, -0.05) is 11.8 Å². The standard InChI is InChI=1S/C13H10F3N3OS2/c14-13(15,16)8-1-4-10(5-2-8)22-11-6-3-9(20-11)7-18-19-12(17)21/h1-7H,(H3,17,19,21). The van der Waals surface area contributed by atoms with Gasteiger partial charge in [-0.3, -0.25) is 5.43 Å². The zero-order valence-electron chi connectivity index (χ0n) is 10.9. The first-order valence-electron chi connectivity index (χ1n) is 5.88. The van der Waals surface area contributed by atoms with E-state index in [4.69, 9.17) is 10.2 Å². The zero-order valence-corrected chi connectivity index (χ0v) is 12.6. The maximum Gasteiger partial charge on any atom is 0.416 e. The molecule has 4 nitrogen and oxygen atoms in total. The van der Waals surface area contributed by atoms with Gasteiger partial charge in [-0.15, -0.1) is 0 Å². The topological polar surface area (TPSA) is 63.5 Å². The van der Waals surface area contributed by atoms with Crippen LogP contribution >= 0.6 is 24.0 Å². The van der Waals surface area contributed by atoms with Crippen LogP contribution in [0, 0.1) is 0 Å². The van der Waals surface area contributed by atoms with Gasteiger partial charge in [0.1, 0.15) is 5.76 Å². The summed E-state index contributed by atoms with van der Waals surface area (Å²) in [5.41, 5.74) is 6.89. The predicted molar refractivity (Wildman–Crippen MR) is 81.8 cm³/mol. The van der Waals surface area contributed by atoms with Crippen LogP contribution in [0.1, 0.15) is 11.3 Å². The third-order valence-electron chi connectivity index (χ3n) is 2.37. The normalized spacial score (nSPS) is 11.8. The molecule has 1 heterocycles. The van der Waals surface area contributed by atoms with E-state index in [0.717, 1.165) is 12.1 Å². The van der Waals surface area contributed by atoms with Crippen molar-refractivity contribution in [1.82, 2.24) is 5.43 Å². The molecule has 22 heavy (non-hydrogen) atoms. The van der Waals surface area contributed by atoms with Gasteiger partial charge in [-0.25, -0.2) is 0 Å². The van der Waals surface area contributed by atoms with Gasteiger partial charge >= 0.3 is 6.18 Å². The number of hydrogen-bond donors (Lipinski definition) is 2. The average Bonchev–Trinajstić information content (AvgIpc) is 2.85. The first-order valence-corrected chi connectivity index (χ1v) is 7.10. The lowest BCUT2D eigenvalue weighted by Gasteiger charge is -2.06. The molecule has 0 saturated heterocycles. The molecule has 0 aliphatic heterocycles. The van der Waals surface area contributed by atoms with Gasteiger partial charge in [0.2, 0.25) is 0 Å². The molecule has 116 valence electrons. The fraction of sp³-hybridized carbons (Fsp3) is 0.0769. The Kier molecular flexibility index (Phi) is 5.09. The number of nitrogens with one attached hydrogen (secondary N) is 1. The highest BCUT2D eigenvalue weighted by molar-refractivity contribution is 7.99. The van der Waals surface area contributed by atoms with Crippen molar-refractivity contribution >= 4 is 35.3 Å². The van der Waals surface area contributed by atoms with Gasteiger partial charge in [-0.05, 0) is 48.6 Å². The summed E-state index contributed by atoms with van der Waals surface area (Å²) in [6.07, 6.45) is -2.95. The lowest BCUT2D eigenvalue weighted by molar-refractivity contribution is -0.137. The van der Waals surface area contributed by atoms with Crippen LogP contribution in [-0.2, 0) is 6.18 Å². The van der Waals surface area contributed by atoms with Crippen LogP contribution in [0.3, 0.4) is 0 Å². The molecule has 0 aliphatic rings. The van der Waals surface area contributed by atoms with E-state index >= 15 is 0 Å². The maximum absolute atomic E-state index is 12.5. The van der Waals surface area contributed by atoms with Crippen molar-refractivity contribution in [2.45, 2.75) is 16.2 Å². The number of alkyl halides is 3. The van der Waals surface area contributed by atoms with Crippen LogP contribution < -0.4 is 11.2 Å². The molecule has 2 rings (SSSR count). The van der Waals surface area contributed by atoms with E-state index in [9.17, 15) is 13.2 Å². The minimum atomic E-state index is -4.34. The summed E-state index contributed by atoms with van der Waals surface area (Å²) >= 11 is 5.78. The number of rotatable bonds is 4. The van der Waals surface area contributed by atoms with Crippen LogP contribution in [-0.4, -0.2) is 11.3 Å². The number of thiocarbonyl (C=S) groups is 1. The summed E-state index contributed by atoms with van der Waals surface area (Å²) in [7, 11) is 0. The average molecular weight is 345 g/mol. The highest BCUT2D eigenvalue weighted by Gasteiger charge is 2.29. The molecule has 0 unspecified atom stereocenters. The number of benzene rings is 1. The van der Waals surface area contributed by atoms with Crippen molar-refractivity contribution in [3.63, 3.8) is 0 Å². The van der Waals surface area contributed by atoms with E-state index < -0.39 is 11.7 Å². The van der Waals surface area contributed by atoms with E-state index in [1.54, 1.807) is 12.1 Å². The lowest BCUT2D eigenvalue weighted by atomic mass is 10.2. The number of hydrogen-bond acceptors (Lipinski definition) is 4. The number of nitrogens with zero attached hydrogens (tertiary/aromatic N) is 1. The molecule has 0 spiro atoms. The van der Waals surface area contributed by atoms with Crippen LogP contribution in [0.5, 0.6) is 0 Å². The van der Waals surface area contributed by atoms with Gasteiger partial charge in [0.05, 0.1) is 11.8 Å². The van der Waals surface area contributed by atoms with E-state index in [2.05, 4.69) is 22.7 Å². The second-order valence-electron chi connectivity index (χ2n) is 4.02. The van der Waals surface area contributed by atoms with Crippen LogP contribution in [0.4, 0.5) is 13.2 Å². The summed E-state index contributed by atoms with van der Waals surface area (Å²) in [6.45, 7) is 0. The minimum absolute atomic E-state index is 0.0298. The molecular weight excluding hydrogens is 335 g/mol. The fourth-order valence-electron chi connectivity index (χ4n) is 1.45. The van der Waals surface area contributed by atoms with E-state index in [-0.39, 0.29) is 5.11 Å². The Morgan fingerprint density at radius 1 is 1.23 bits per heavy atom. The number of furan rings is 1. The molecule has 3 N–H and O–H groups in total. The SMILES string of the molecule is NC(=S)NN=Cc1ccc(Sc2ccc(C(F)(F)F)cc2)o1. The molecule has 0 radical (unpaired) electrons. The van der Waals surface area contributed by atoms with Crippen molar-refractivity contribution in [1.29, 1.82) is 0 Å². The third kappa shape index (κ3) is 4.78. The summed E-state index contributed by atoms with van der Waals surface area (Å²) in [4.78, 5) is 0.632. The molecule has 1 aromatic carbocycles. The minimum Gasteiger partial charge on any atom is -0.448 e. The summed E-state index contributed by atoms with van der Waals surface area (Å²) in [5, 5.41) is 4.29. The smallest absolute Gasteiger partial charge is 0.416 e. The Hall–Kier alpha value is -2.00.